The highest BCUT2D eigenvalue weighted by atomic mass is 16.5. The van der Waals surface area contributed by atoms with Crippen LogP contribution in [0.2, 0.25) is 0 Å². The van der Waals surface area contributed by atoms with Crippen LogP contribution in [0.5, 0.6) is 11.5 Å². The minimum Gasteiger partial charge on any atom is -0.493 e. The summed E-state index contributed by atoms with van der Waals surface area (Å²) in [6.45, 7) is 2.98. The number of rotatable bonds is 5. The van der Waals surface area contributed by atoms with E-state index in [4.69, 9.17) is 14.2 Å². The number of hydrogen-bond acceptors (Lipinski definition) is 5. The molecule has 7 heteroatoms. The van der Waals surface area contributed by atoms with Gasteiger partial charge < -0.3 is 24.0 Å². The number of morpholine rings is 1. The van der Waals surface area contributed by atoms with E-state index < -0.39 is 0 Å². The fourth-order valence-corrected chi connectivity index (χ4v) is 3.58. The molecule has 0 aliphatic carbocycles. The SMILES string of the molecule is COc1ccc(CC(=O)N2CCC[C@H]2C(=O)N2CCOCC2)cc1OC. The van der Waals surface area contributed by atoms with Crippen LogP contribution in [0.25, 0.3) is 0 Å². The van der Waals surface area contributed by atoms with Crippen LogP contribution >= 0.6 is 0 Å². The lowest BCUT2D eigenvalue weighted by Gasteiger charge is -2.32. The molecule has 2 aliphatic heterocycles. The number of likely N-dealkylation sites (tertiary alicyclic amines) is 1. The van der Waals surface area contributed by atoms with Gasteiger partial charge in [-0.05, 0) is 30.5 Å². The van der Waals surface area contributed by atoms with Gasteiger partial charge in [0.15, 0.2) is 11.5 Å². The van der Waals surface area contributed by atoms with Gasteiger partial charge >= 0.3 is 0 Å². The first-order valence-electron chi connectivity index (χ1n) is 9.01. The molecule has 2 aliphatic rings. The summed E-state index contributed by atoms with van der Waals surface area (Å²) in [5, 5.41) is 0. The van der Waals surface area contributed by atoms with Crippen LogP contribution in [0.1, 0.15) is 18.4 Å². The van der Waals surface area contributed by atoms with E-state index in [-0.39, 0.29) is 24.3 Å². The summed E-state index contributed by atoms with van der Waals surface area (Å²) in [7, 11) is 3.15. The fourth-order valence-electron chi connectivity index (χ4n) is 3.58. The Bertz CT molecular complexity index is 657. The summed E-state index contributed by atoms with van der Waals surface area (Å²) in [4.78, 5) is 29.2. The highest BCUT2D eigenvalue weighted by molar-refractivity contribution is 5.89. The molecule has 0 bridgehead atoms. The average Bonchev–Trinajstić information content (AvgIpc) is 3.18. The Hall–Kier alpha value is -2.28. The van der Waals surface area contributed by atoms with E-state index in [9.17, 15) is 9.59 Å². The summed E-state index contributed by atoms with van der Waals surface area (Å²) in [6, 6.07) is 5.11. The molecule has 2 fully saturated rings. The van der Waals surface area contributed by atoms with Crippen LogP contribution < -0.4 is 9.47 Å². The molecule has 0 radical (unpaired) electrons. The van der Waals surface area contributed by atoms with Crippen molar-refractivity contribution in [3.63, 3.8) is 0 Å². The van der Waals surface area contributed by atoms with Gasteiger partial charge in [0.1, 0.15) is 6.04 Å². The van der Waals surface area contributed by atoms with Crippen LogP contribution in [0.3, 0.4) is 0 Å². The van der Waals surface area contributed by atoms with Gasteiger partial charge in [-0.2, -0.15) is 0 Å². The smallest absolute Gasteiger partial charge is 0.245 e. The molecule has 2 amide bonds. The third kappa shape index (κ3) is 3.93. The monoisotopic (exact) mass is 362 g/mol. The molecule has 2 saturated heterocycles. The van der Waals surface area contributed by atoms with Gasteiger partial charge in [-0.1, -0.05) is 6.07 Å². The first-order valence-corrected chi connectivity index (χ1v) is 9.01. The second kappa shape index (κ2) is 8.40. The lowest BCUT2D eigenvalue weighted by atomic mass is 10.1. The van der Waals surface area contributed by atoms with Crippen LogP contribution in [-0.2, 0) is 20.7 Å². The molecule has 0 saturated carbocycles. The zero-order chi connectivity index (χ0) is 18.5. The van der Waals surface area contributed by atoms with Gasteiger partial charge in [0, 0.05) is 19.6 Å². The third-order valence-electron chi connectivity index (χ3n) is 4.98. The van der Waals surface area contributed by atoms with Gasteiger partial charge in [-0.25, -0.2) is 0 Å². The topological polar surface area (TPSA) is 68.3 Å². The maximum absolute atomic E-state index is 12.8. The van der Waals surface area contributed by atoms with Crippen molar-refractivity contribution >= 4 is 11.8 Å². The van der Waals surface area contributed by atoms with Crippen LogP contribution in [-0.4, -0.2) is 74.7 Å². The second-order valence-electron chi connectivity index (χ2n) is 6.55. The summed E-state index contributed by atoms with van der Waals surface area (Å²) in [6.07, 6.45) is 1.83. The maximum atomic E-state index is 12.8. The number of methoxy groups -OCH3 is 2. The molecular formula is C19H26N2O5. The number of benzene rings is 1. The number of hydrogen-bond donors (Lipinski definition) is 0. The van der Waals surface area contributed by atoms with Gasteiger partial charge in [0.25, 0.3) is 0 Å². The summed E-state index contributed by atoms with van der Waals surface area (Å²) < 4.78 is 15.8. The molecule has 3 rings (SSSR count). The zero-order valence-electron chi connectivity index (χ0n) is 15.4. The largest absolute Gasteiger partial charge is 0.493 e. The molecule has 0 spiro atoms. The van der Waals surface area contributed by atoms with E-state index in [0.717, 1.165) is 18.4 Å². The Morgan fingerprint density at radius 2 is 1.85 bits per heavy atom. The standard InChI is InChI=1S/C19H26N2O5/c1-24-16-6-5-14(12-17(16)25-2)13-18(22)21-7-3-4-15(21)19(23)20-8-10-26-11-9-20/h5-6,12,15H,3-4,7-11,13H2,1-2H3/t15-/m0/s1. The van der Waals surface area contributed by atoms with E-state index in [1.807, 2.05) is 17.0 Å². The Kier molecular flexibility index (Phi) is 5.98. The van der Waals surface area contributed by atoms with Gasteiger partial charge in [0.2, 0.25) is 11.8 Å². The molecule has 2 heterocycles. The van der Waals surface area contributed by atoms with Crippen molar-refractivity contribution in [2.24, 2.45) is 0 Å². The molecule has 1 aromatic rings. The molecule has 142 valence electrons. The third-order valence-corrected chi connectivity index (χ3v) is 4.98. The van der Waals surface area contributed by atoms with Crippen LogP contribution in [0.15, 0.2) is 18.2 Å². The molecule has 0 unspecified atom stereocenters. The van der Waals surface area contributed by atoms with Crippen molar-refractivity contribution in [2.75, 3.05) is 47.1 Å². The van der Waals surface area contributed by atoms with E-state index in [2.05, 4.69) is 0 Å². The normalized spacial score (nSPS) is 20.2. The highest BCUT2D eigenvalue weighted by Gasteiger charge is 2.36. The molecule has 26 heavy (non-hydrogen) atoms. The molecule has 7 nitrogen and oxygen atoms in total. The Morgan fingerprint density at radius 3 is 2.54 bits per heavy atom. The Balaban J connectivity index is 1.67. The second-order valence-corrected chi connectivity index (χ2v) is 6.55. The predicted octanol–water partition coefficient (Wildman–Crippen LogP) is 1.10. The van der Waals surface area contributed by atoms with E-state index >= 15 is 0 Å². The maximum Gasteiger partial charge on any atom is 0.245 e. The summed E-state index contributed by atoms with van der Waals surface area (Å²) in [5.74, 6) is 1.25. The molecular weight excluding hydrogens is 336 g/mol. The summed E-state index contributed by atoms with van der Waals surface area (Å²) in [5.41, 5.74) is 0.845. The van der Waals surface area contributed by atoms with Gasteiger partial charge in [0.05, 0.1) is 33.9 Å². The molecule has 0 aromatic heterocycles. The van der Waals surface area contributed by atoms with Gasteiger partial charge in [-0.3, -0.25) is 9.59 Å². The first-order chi connectivity index (χ1) is 12.6. The Labute approximate surface area is 153 Å². The quantitative estimate of drug-likeness (QED) is 0.785. The van der Waals surface area contributed by atoms with E-state index in [1.54, 1.807) is 25.2 Å². The fraction of sp³-hybridized carbons (Fsp3) is 0.579. The van der Waals surface area contributed by atoms with Crippen molar-refractivity contribution in [3.05, 3.63) is 23.8 Å². The van der Waals surface area contributed by atoms with Crippen molar-refractivity contribution < 1.29 is 23.8 Å². The number of nitrogens with zero attached hydrogens (tertiary/aromatic N) is 2. The Morgan fingerprint density at radius 1 is 1.12 bits per heavy atom. The lowest BCUT2D eigenvalue weighted by Crippen LogP contribution is -2.51. The minimum absolute atomic E-state index is 0.0265. The van der Waals surface area contributed by atoms with Crippen molar-refractivity contribution in [1.82, 2.24) is 9.80 Å². The number of ether oxygens (including phenoxy) is 3. The average molecular weight is 362 g/mol. The molecule has 1 aromatic carbocycles. The van der Waals surface area contributed by atoms with E-state index in [0.29, 0.717) is 44.3 Å². The summed E-state index contributed by atoms with van der Waals surface area (Å²) >= 11 is 0. The highest BCUT2D eigenvalue weighted by Crippen LogP contribution is 2.28. The number of carbonyl (C=O) groups excluding carboxylic acids is 2. The molecule has 1 atom stereocenters. The predicted molar refractivity (Wildman–Crippen MR) is 95.4 cm³/mol. The van der Waals surface area contributed by atoms with Crippen molar-refractivity contribution in [1.29, 1.82) is 0 Å². The van der Waals surface area contributed by atoms with E-state index in [1.165, 1.54) is 0 Å². The van der Waals surface area contributed by atoms with Crippen molar-refractivity contribution in [2.45, 2.75) is 25.3 Å². The van der Waals surface area contributed by atoms with Crippen LogP contribution in [0, 0.1) is 0 Å². The zero-order valence-corrected chi connectivity index (χ0v) is 15.4. The number of amides is 2. The first kappa shape index (κ1) is 18.5. The van der Waals surface area contributed by atoms with Gasteiger partial charge in [-0.15, -0.1) is 0 Å². The number of carbonyl (C=O) groups is 2. The van der Waals surface area contributed by atoms with Crippen LogP contribution in [0.4, 0.5) is 0 Å². The minimum atomic E-state index is -0.347. The van der Waals surface area contributed by atoms with Crippen molar-refractivity contribution in [3.8, 4) is 11.5 Å². The lowest BCUT2D eigenvalue weighted by molar-refractivity contribution is -0.146. The molecule has 0 N–H and O–H groups in total.